The van der Waals surface area contributed by atoms with Crippen molar-refractivity contribution in [2.75, 3.05) is 13.1 Å². The zero-order valence-corrected chi connectivity index (χ0v) is 16.6. The van der Waals surface area contributed by atoms with Crippen LogP contribution < -0.4 is 5.73 Å². The highest BCUT2D eigenvalue weighted by molar-refractivity contribution is 5.92. The summed E-state index contributed by atoms with van der Waals surface area (Å²) in [6.07, 6.45) is 3.25. The minimum atomic E-state index is 0. The van der Waals surface area contributed by atoms with Gasteiger partial charge in [0, 0.05) is 42.3 Å². The first kappa shape index (κ1) is 19.6. The van der Waals surface area contributed by atoms with Crippen molar-refractivity contribution in [2.24, 2.45) is 5.73 Å². The third-order valence-corrected chi connectivity index (χ3v) is 5.58. The van der Waals surface area contributed by atoms with Crippen LogP contribution in [0, 0.1) is 13.8 Å². The second-order valence-electron chi connectivity index (χ2n) is 7.13. The van der Waals surface area contributed by atoms with Gasteiger partial charge in [-0.2, -0.15) is 5.10 Å². The Bertz CT molecular complexity index is 983. The molecule has 1 fully saturated rings. The fourth-order valence-corrected chi connectivity index (χ4v) is 4.12. The molecule has 144 valence electrons. The van der Waals surface area contributed by atoms with Crippen LogP contribution >= 0.6 is 12.4 Å². The van der Waals surface area contributed by atoms with Crippen LogP contribution in [0.1, 0.15) is 36.2 Å². The summed E-state index contributed by atoms with van der Waals surface area (Å²) in [6.45, 7) is 5.47. The van der Waals surface area contributed by atoms with E-state index >= 15 is 0 Å². The van der Waals surface area contributed by atoms with Crippen molar-refractivity contribution in [1.29, 1.82) is 0 Å². The number of nitrogens with two attached hydrogens (primary N) is 1. The maximum atomic E-state index is 12.6. The van der Waals surface area contributed by atoms with Crippen molar-refractivity contribution in [3.8, 4) is 0 Å². The number of carbonyl (C=O) groups is 1. The van der Waals surface area contributed by atoms with E-state index in [1.807, 2.05) is 40.6 Å². The molecule has 27 heavy (non-hydrogen) atoms. The summed E-state index contributed by atoms with van der Waals surface area (Å²) >= 11 is 0. The van der Waals surface area contributed by atoms with Gasteiger partial charge in [-0.15, -0.1) is 12.4 Å². The lowest BCUT2D eigenvalue weighted by atomic mass is 10.1. The maximum Gasteiger partial charge on any atom is 0.223 e. The van der Waals surface area contributed by atoms with Crippen LogP contribution in [0.15, 0.2) is 24.3 Å². The molecule has 1 aromatic carbocycles. The number of fused-ring (bicyclic) bond motifs is 3. The molecule has 1 unspecified atom stereocenters. The number of aryl methyl sites for hydroxylation is 2. The first-order valence-corrected chi connectivity index (χ1v) is 9.33. The number of hydrogen-bond donors (Lipinski definition) is 1. The number of nitrogens with zero attached hydrogens (tertiary/aromatic N) is 4. The number of rotatable bonds is 4. The van der Waals surface area contributed by atoms with E-state index in [0.29, 0.717) is 19.4 Å². The van der Waals surface area contributed by atoms with Gasteiger partial charge in [0.05, 0.1) is 5.52 Å². The zero-order valence-electron chi connectivity index (χ0n) is 15.8. The molecule has 1 aliphatic heterocycles. The average Bonchev–Trinajstić information content (AvgIpc) is 3.26. The molecular formula is C20H26ClN5O. The molecule has 0 radical (unpaired) electrons. The Balaban J connectivity index is 0.00000210. The van der Waals surface area contributed by atoms with Crippen LogP contribution in [0.3, 0.4) is 0 Å². The molecule has 0 spiro atoms. The Morgan fingerprint density at radius 3 is 2.85 bits per heavy atom. The molecule has 0 aliphatic carbocycles. The van der Waals surface area contributed by atoms with E-state index in [0.717, 1.165) is 52.9 Å². The first-order chi connectivity index (χ1) is 12.6. The number of benzene rings is 1. The second kappa shape index (κ2) is 7.82. The minimum Gasteiger partial charge on any atom is -0.338 e. The molecule has 2 N–H and O–H groups in total. The van der Waals surface area contributed by atoms with Gasteiger partial charge in [-0.3, -0.25) is 4.79 Å². The molecule has 2 aromatic heterocycles. The lowest BCUT2D eigenvalue weighted by molar-refractivity contribution is -0.131. The SMILES string of the molecule is Cc1nc2c3ccccc3nn2c(C)c1CCC(=O)N1CCCC1CN.Cl. The van der Waals surface area contributed by atoms with Gasteiger partial charge < -0.3 is 10.6 Å². The van der Waals surface area contributed by atoms with Crippen molar-refractivity contribution in [1.82, 2.24) is 19.5 Å². The molecule has 4 rings (SSSR count). The minimum absolute atomic E-state index is 0. The highest BCUT2D eigenvalue weighted by Gasteiger charge is 2.27. The first-order valence-electron chi connectivity index (χ1n) is 9.33. The van der Waals surface area contributed by atoms with Gasteiger partial charge in [-0.1, -0.05) is 12.1 Å². The van der Waals surface area contributed by atoms with Crippen molar-refractivity contribution in [2.45, 2.75) is 45.6 Å². The standard InChI is InChI=1S/C20H25N5O.ClH/c1-13-16(9-10-19(26)24-11-5-6-15(24)12-21)14(2)25-20(22-13)17-7-3-4-8-18(17)23-25;/h3-4,7-8,15H,5-6,9-12,21H2,1-2H3;1H. The van der Waals surface area contributed by atoms with Crippen molar-refractivity contribution >= 4 is 34.9 Å². The van der Waals surface area contributed by atoms with E-state index in [1.54, 1.807) is 0 Å². The average molecular weight is 388 g/mol. The third kappa shape index (κ3) is 3.39. The predicted molar refractivity (Wildman–Crippen MR) is 109 cm³/mol. The number of aromatic nitrogens is 3. The Kier molecular flexibility index (Phi) is 5.67. The third-order valence-electron chi connectivity index (χ3n) is 5.58. The highest BCUT2D eigenvalue weighted by atomic mass is 35.5. The fourth-order valence-electron chi connectivity index (χ4n) is 4.12. The van der Waals surface area contributed by atoms with Crippen LogP contribution in [-0.4, -0.2) is 44.5 Å². The Morgan fingerprint density at radius 1 is 1.30 bits per heavy atom. The van der Waals surface area contributed by atoms with Gasteiger partial charge >= 0.3 is 0 Å². The van der Waals surface area contributed by atoms with Crippen LogP contribution in [-0.2, 0) is 11.2 Å². The molecule has 1 saturated heterocycles. The smallest absolute Gasteiger partial charge is 0.223 e. The van der Waals surface area contributed by atoms with E-state index < -0.39 is 0 Å². The molecule has 1 aliphatic rings. The summed E-state index contributed by atoms with van der Waals surface area (Å²) in [5.74, 6) is 0.197. The largest absolute Gasteiger partial charge is 0.338 e. The number of halogens is 1. The second-order valence-corrected chi connectivity index (χ2v) is 7.13. The molecule has 3 heterocycles. The van der Waals surface area contributed by atoms with Crippen LogP contribution in [0.25, 0.3) is 16.6 Å². The quantitative estimate of drug-likeness (QED) is 0.746. The Hall–Kier alpha value is -2.18. The summed E-state index contributed by atoms with van der Waals surface area (Å²) in [5.41, 5.74) is 10.8. The van der Waals surface area contributed by atoms with E-state index in [-0.39, 0.29) is 24.4 Å². The molecule has 0 bridgehead atoms. The maximum absolute atomic E-state index is 12.6. The number of likely N-dealkylation sites (tertiary alicyclic amines) is 1. The molecule has 3 aromatic rings. The summed E-state index contributed by atoms with van der Waals surface area (Å²) in [6, 6.07) is 8.25. The molecule has 6 nitrogen and oxygen atoms in total. The van der Waals surface area contributed by atoms with E-state index in [1.165, 1.54) is 0 Å². The van der Waals surface area contributed by atoms with E-state index in [4.69, 9.17) is 10.7 Å². The Labute approximate surface area is 165 Å². The fraction of sp³-hybridized carbons (Fsp3) is 0.450. The number of amides is 1. The van der Waals surface area contributed by atoms with Gasteiger partial charge in [-0.25, -0.2) is 9.50 Å². The van der Waals surface area contributed by atoms with E-state index in [9.17, 15) is 4.79 Å². The lowest BCUT2D eigenvalue weighted by Gasteiger charge is -2.23. The van der Waals surface area contributed by atoms with Crippen molar-refractivity contribution in [3.63, 3.8) is 0 Å². The van der Waals surface area contributed by atoms with Gasteiger partial charge in [0.15, 0.2) is 5.65 Å². The monoisotopic (exact) mass is 387 g/mol. The topological polar surface area (TPSA) is 76.5 Å². The van der Waals surface area contributed by atoms with Crippen LogP contribution in [0.5, 0.6) is 0 Å². The van der Waals surface area contributed by atoms with Crippen LogP contribution in [0.2, 0.25) is 0 Å². The summed E-state index contributed by atoms with van der Waals surface area (Å²) in [5, 5.41) is 5.75. The molecule has 1 amide bonds. The summed E-state index contributed by atoms with van der Waals surface area (Å²) in [7, 11) is 0. The molecule has 1 atom stereocenters. The molecule has 7 heteroatoms. The van der Waals surface area contributed by atoms with Crippen LogP contribution in [0.4, 0.5) is 0 Å². The predicted octanol–water partition coefficient (Wildman–Crippen LogP) is 2.80. The zero-order chi connectivity index (χ0) is 18.3. The van der Waals surface area contributed by atoms with Gasteiger partial charge in [0.25, 0.3) is 0 Å². The van der Waals surface area contributed by atoms with E-state index in [2.05, 4.69) is 12.0 Å². The van der Waals surface area contributed by atoms with Crippen molar-refractivity contribution < 1.29 is 4.79 Å². The number of carbonyl (C=O) groups excluding carboxylic acids is 1. The summed E-state index contributed by atoms with van der Waals surface area (Å²) in [4.78, 5) is 19.4. The van der Waals surface area contributed by atoms with Crippen molar-refractivity contribution in [3.05, 3.63) is 41.2 Å². The van der Waals surface area contributed by atoms with Gasteiger partial charge in [0.2, 0.25) is 5.91 Å². The van der Waals surface area contributed by atoms with Gasteiger partial charge in [-0.05, 0) is 50.8 Å². The summed E-state index contributed by atoms with van der Waals surface area (Å²) < 4.78 is 1.91. The molecule has 0 saturated carbocycles. The number of hydrogen-bond acceptors (Lipinski definition) is 4. The lowest BCUT2D eigenvalue weighted by Crippen LogP contribution is -2.40. The normalized spacial score (nSPS) is 16.9. The molecular weight excluding hydrogens is 362 g/mol. The highest BCUT2D eigenvalue weighted by Crippen LogP contribution is 2.24. The Morgan fingerprint density at radius 2 is 2.07 bits per heavy atom. The van der Waals surface area contributed by atoms with Gasteiger partial charge in [0.1, 0.15) is 0 Å².